The molecule has 0 saturated carbocycles. The average Bonchev–Trinajstić information content (AvgIpc) is 3.49. The fourth-order valence-corrected chi connectivity index (χ4v) is 4.86. The highest BCUT2D eigenvalue weighted by molar-refractivity contribution is 7.13. The van der Waals surface area contributed by atoms with Crippen LogP contribution in [0, 0.1) is 12.7 Å². The van der Waals surface area contributed by atoms with Gasteiger partial charge in [0.2, 0.25) is 0 Å². The lowest BCUT2D eigenvalue weighted by Crippen LogP contribution is -2.38. The number of benzene rings is 3. The second kappa shape index (κ2) is 9.35. The highest BCUT2D eigenvalue weighted by Gasteiger charge is 2.38. The number of carboxylic acid groups (broad SMARTS) is 1. The number of aromatic carboxylic acids is 1. The molecule has 0 saturated heterocycles. The molecular formula is C27H20FN3O4S. The molecular weight excluding hydrogens is 481 g/mol. The van der Waals surface area contributed by atoms with E-state index < -0.39 is 23.7 Å². The van der Waals surface area contributed by atoms with Gasteiger partial charge in [0, 0.05) is 23.7 Å². The number of thiazole rings is 1. The van der Waals surface area contributed by atoms with E-state index in [1.165, 1.54) is 40.5 Å². The Morgan fingerprint density at radius 2 is 1.83 bits per heavy atom. The minimum absolute atomic E-state index is 0.168. The summed E-state index contributed by atoms with van der Waals surface area (Å²) in [4.78, 5) is 43.7. The number of carbonyl (C=O) groups is 3. The van der Waals surface area contributed by atoms with E-state index in [4.69, 9.17) is 5.11 Å². The predicted molar refractivity (Wildman–Crippen MR) is 133 cm³/mol. The van der Waals surface area contributed by atoms with Gasteiger partial charge < -0.3 is 10.0 Å². The maximum atomic E-state index is 14.2. The molecule has 5 rings (SSSR count). The summed E-state index contributed by atoms with van der Waals surface area (Å²) in [5.41, 5.74) is 3.93. The number of aromatic nitrogens is 1. The topological polar surface area (TPSA) is 99.6 Å². The van der Waals surface area contributed by atoms with E-state index in [2.05, 4.69) is 10.3 Å². The van der Waals surface area contributed by atoms with Crippen LogP contribution in [0.3, 0.4) is 0 Å². The zero-order valence-electron chi connectivity index (χ0n) is 19.1. The van der Waals surface area contributed by atoms with E-state index in [1.54, 1.807) is 42.8 Å². The first kappa shape index (κ1) is 23.4. The maximum Gasteiger partial charge on any atom is 0.335 e. The molecule has 1 aliphatic rings. The van der Waals surface area contributed by atoms with E-state index in [9.17, 15) is 18.8 Å². The molecule has 4 aromatic rings. The lowest BCUT2D eigenvalue weighted by atomic mass is 9.98. The predicted octanol–water partition coefficient (Wildman–Crippen LogP) is 5.29. The standard InChI is InChI=1S/C27H20FN3O4S/c1-15-2-9-20(28)13-21(15)23(24(32)30-27-29-10-11-36-27)31-14-19-8-7-18(12-22(19)25(31)33)16-3-5-17(6-4-16)26(34)35/h2-13,23H,14H2,1H3,(H,34,35)(H,29,30,32). The molecule has 1 aromatic heterocycles. The first-order chi connectivity index (χ1) is 17.3. The number of aryl methyl sites for hydroxylation is 1. The molecule has 2 amide bonds. The molecule has 36 heavy (non-hydrogen) atoms. The molecule has 3 aromatic carbocycles. The molecule has 2 N–H and O–H groups in total. The molecule has 1 unspecified atom stereocenters. The van der Waals surface area contributed by atoms with Crippen molar-refractivity contribution < 1.29 is 23.9 Å². The number of halogens is 1. The van der Waals surface area contributed by atoms with Crippen LogP contribution in [0.2, 0.25) is 0 Å². The average molecular weight is 502 g/mol. The van der Waals surface area contributed by atoms with E-state index in [1.807, 2.05) is 12.1 Å². The molecule has 2 heterocycles. The highest BCUT2D eigenvalue weighted by Crippen LogP contribution is 2.36. The second-order valence-corrected chi connectivity index (χ2v) is 9.31. The number of nitrogens with zero attached hydrogens (tertiary/aromatic N) is 2. The Morgan fingerprint density at radius 1 is 1.08 bits per heavy atom. The first-order valence-corrected chi connectivity index (χ1v) is 11.9. The van der Waals surface area contributed by atoms with Crippen LogP contribution < -0.4 is 5.32 Å². The Labute approximate surface area is 209 Å². The van der Waals surface area contributed by atoms with Crippen LogP contribution in [0.25, 0.3) is 11.1 Å². The van der Waals surface area contributed by atoms with Crippen molar-refractivity contribution in [2.45, 2.75) is 19.5 Å². The summed E-state index contributed by atoms with van der Waals surface area (Å²) in [5.74, 6) is -2.35. The van der Waals surface area contributed by atoms with Gasteiger partial charge in [0.25, 0.3) is 11.8 Å². The second-order valence-electron chi connectivity index (χ2n) is 8.42. The van der Waals surface area contributed by atoms with Crippen LogP contribution in [0.1, 0.15) is 43.4 Å². The first-order valence-electron chi connectivity index (χ1n) is 11.1. The molecule has 9 heteroatoms. The third-order valence-electron chi connectivity index (χ3n) is 6.17. The van der Waals surface area contributed by atoms with Gasteiger partial charge in [-0.2, -0.15) is 0 Å². The maximum absolute atomic E-state index is 14.2. The Kier molecular flexibility index (Phi) is 6.07. The number of rotatable bonds is 6. The highest BCUT2D eigenvalue weighted by atomic mass is 32.1. The molecule has 1 atom stereocenters. The fourth-order valence-electron chi connectivity index (χ4n) is 4.33. The van der Waals surface area contributed by atoms with Crippen molar-refractivity contribution in [3.63, 3.8) is 0 Å². The number of carboxylic acids is 1. The van der Waals surface area contributed by atoms with Crippen LogP contribution in [-0.2, 0) is 11.3 Å². The SMILES string of the molecule is Cc1ccc(F)cc1C(C(=O)Nc1nccs1)N1Cc2ccc(-c3ccc(C(=O)O)cc3)cc2C1=O. The number of hydrogen-bond donors (Lipinski definition) is 2. The third kappa shape index (κ3) is 4.36. The summed E-state index contributed by atoms with van der Waals surface area (Å²) in [6, 6.07) is 14.9. The van der Waals surface area contributed by atoms with E-state index in [0.717, 1.165) is 16.7 Å². The van der Waals surface area contributed by atoms with Gasteiger partial charge in [0.15, 0.2) is 5.13 Å². The van der Waals surface area contributed by atoms with Crippen molar-refractivity contribution in [3.8, 4) is 11.1 Å². The van der Waals surface area contributed by atoms with Crippen LogP contribution >= 0.6 is 11.3 Å². The van der Waals surface area contributed by atoms with Crippen LogP contribution in [0.4, 0.5) is 9.52 Å². The Hall–Kier alpha value is -4.37. The molecule has 0 fully saturated rings. The number of carbonyl (C=O) groups excluding carboxylic acids is 2. The number of hydrogen-bond acceptors (Lipinski definition) is 5. The quantitative estimate of drug-likeness (QED) is 0.374. The van der Waals surface area contributed by atoms with Crippen molar-refractivity contribution >= 4 is 34.3 Å². The van der Waals surface area contributed by atoms with E-state index in [0.29, 0.717) is 21.8 Å². The third-order valence-corrected chi connectivity index (χ3v) is 6.85. The Morgan fingerprint density at radius 3 is 2.53 bits per heavy atom. The summed E-state index contributed by atoms with van der Waals surface area (Å²) in [5, 5.41) is 14.0. The summed E-state index contributed by atoms with van der Waals surface area (Å²) < 4.78 is 14.2. The number of fused-ring (bicyclic) bond motifs is 1. The van der Waals surface area contributed by atoms with Gasteiger partial charge in [-0.25, -0.2) is 14.2 Å². The van der Waals surface area contributed by atoms with Gasteiger partial charge in [-0.15, -0.1) is 11.3 Å². The summed E-state index contributed by atoms with van der Waals surface area (Å²) in [7, 11) is 0. The van der Waals surface area contributed by atoms with Gasteiger partial charge in [-0.05, 0) is 65.1 Å². The van der Waals surface area contributed by atoms with Gasteiger partial charge in [-0.1, -0.05) is 30.3 Å². The zero-order chi connectivity index (χ0) is 25.4. The van der Waals surface area contributed by atoms with Gasteiger partial charge >= 0.3 is 5.97 Å². The van der Waals surface area contributed by atoms with Gasteiger partial charge in [0.1, 0.15) is 11.9 Å². The molecule has 0 bridgehead atoms. The van der Waals surface area contributed by atoms with E-state index >= 15 is 0 Å². The number of amides is 2. The molecule has 180 valence electrons. The molecule has 0 spiro atoms. The van der Waals surface area contributed by atoms with Crippen LogP contribution in [0.15, 0.2) is 72.2 Å². The van der Waals surface area contributed by atoms with Crippen molar-refractivity contribution in [2.24, 2.45) is 0 Å². The molecule has 0 aliphatic carbocycles. The van der Waals surface area contributed by atoms with Gasteiger partial charge in [0.05, 0.1) is 5.56 Å². The van der Waals surface area contributed by atoms with Crippen LogP contribution in [-0.4, -0.2) is 32.8 Å². The Bertz CT molecular complexity index is 1490. The van der Waals surface area contributed by atoms with Crippen molar-refractivity contribution in [3.05, 3.63) is 106 Å². The minimum atomic E-state index is -1.07. The van der Waals surface area contributed by atoms with E-state index in [-0.39, 0.29) is 18.0 Å². The monoisotopic (exact) mass is 501 g/mol. The summed E-state index contributed by atoms with van der Waals surface area (Å²) in [6.07, 6.45) is 1.56. The Balaban J connectivity index is 1.50. The smallest absolute Gasteiger partial charge is 0.335 e. The lowest BCUT2D eigenvalue weighted by molar-refractivity contribution is -0.120. The molecule has 0 radical (unpaired) electrons. The van der Waals surface area contributed by atoms with Gasteiger partial charge in [-0.3, -0.25) is 14.9 Å². The molecule has 1 aliphatic heterocycles. The number of anilines is 1. The minimum Gasteiger partial charge on any atom is -0.478 e. The van der Waals surface area contributed by atoms with Crippen molar-refractivity contribution in [2.75, 3.05) is 5.32 Å². The largest absolute Gasteiger partial charge is 0.478 e. The van der Waals surface area contributed by atoms with Crippen molar-refractivity contribution in [1.29, 1.82) is 0 Å². The summed E-state index contributed by atoms with van der Waals surface area (Å²) in [6.45, 7) is 1.95. The van der Waals surface area contributed by atoms with Crippen molar-refractivity contribution in [1.82, 2.24) is 9.88 Å². The summed E-state index contributed by atoms with van der Waals surface area (Å²) >= 11 is 1.25. The molecule has 7 nitrogen and oxygen atoms in total. The normalized spacial score (nSPS) is 13.4. The van der Waals surface area contributed by atoms with Crippen LogP contribution in [0.5, 0.6) is 0 Å². The number of nitrogens with one attached hydrogen (secondary N) is 1. The fraction of sp³-hybridized carbons (Fsp3) is 0.111. The lowest BCUT2D eigenvalue weighted by Gasteiger charge is -2.28. The zero-order valence-corrected chi connectivity index (χ0v) is 19.9.